The normalized spacial score (nSPS) is 12.0. The Bertz CT molecular complexity index is 1210. The van der Waals surface area contributed by atoms with Crippen LogP contribution in [0.3, 0.4) is 0 Å². The topological polar surface area (TPSA) is 60.8 Å². The molecule has 1 unspecified atom stereocenters. The number of benzene rings is 3. The van der Waals surface area contributed by atoms with Crippen molar-refractivity contribution < 1.29 is 15.0 Å². The fourth-order valence-electron chi connectivity index (χ4n) is 3.84. The molecule has 4 heteroatoms. The molecule has 4 nitrogen and oxygen atoms in total. The van der Waals surface area contributed by atoms with Crippen LogP contribution in [-0.2, 0) is 5.41 Å². The standard InChI is InChI=1S/C29H31NO3/c1-19-7-12-21(13-8-19)24-17-23(18-25(30(5)6)27(24)29(2,3)4)26(31)16-11-20-9-14-22(15-10-20)28(32)33/h7-10,12-15,17-18,26,31H,1-6H3,(H,32,33). The van der Waals surface area contributed by atoms with Crippen LogP contribution in [0.1, 0.15) is 59.5 Å². The van der Waals surface area contributed by atoms with E-state index in [0.29, 0.717) is 5.56 Å². The van der Waals surface area contributed by atoms with Gasteiger partial charge in [0.25, 0.3) is 0 Å². The fraction of sp³-hybridized carbons (Fsp3) is 0.276. The van der Waals surface area contributed by atoms with E-state index in [1.165, 1.54) is 23.3 Å². The second kappa shape index (κ2) is 9.52. The lowest BCUT2D eigenvalue weighted by Crippen LogP contribution is -2.21. The third-order valence-electron chi connectivity index (χ3n) is 5.54. The molecule has 0 spiro atoms. The maximum Gasteiger partial charge on any atom is 0.335 e. The Kier molecular flexibility index (Phi) is 6.95. The van der Waals surface area contributed by atoms with Gasteiger partial charge in [-0.15, -0.1) is 0 Å². The Balaban J connectivity index is 2.11. The number of nitrogens with zero attached hydrogens (tertiary/aromatic N) is 1. The molecule has 0 radical (unpaired) electrons. The van der Waals surface area contributed by atoms with Crippen LogP contribution in [0.25, 0.3) is 11.1 Å². The van der Waals surface area contributed by atoms with Gasteiger partial charge in [0.1, 0.15) is 6.10 Å². The molecule has 3 rings (SSSR count). The average molecular weight is 442 g/mol. The molecule has 0 bridgehead atoms. The van der Waals surface area contributed by atoms with Crippen molar-refractivity contribution in [3.8, 4) is 23.0 Å². The van der Waals surface area contributed by atoms with E-state index in [1.807, 2.05) is 26.2 Å². The van der Waals surface area contributed by atoms with Crippen LogP contribution < -0.4 is 4.90 Å². The fourth-order valence-corrected chi connectivity index (χ4v) is 3.84. The van der Waals surface area contributed by atoms with Crippen LogP contribution in [0.2, 0.25) is 0 Å². The summed E-state index contributed by atoms with van der Waals surface area (Å²) in [5.74, 6) is 4.90. The Labute approximate surface area is 196 Å². The van der Waals surface area contributed by atoms with Gasteiger partial charge in [-0.2, -0.15) is 0 Å². The maximum atomic E-state index is 11.0. The zero-order valence-corrected chi connectivity index (χ0v) is 20.1. The van der Waals surface area contributed by atoms with Gasteiger partial charge >= 0.3 is 5.97 Å². The molecule has 0 aromatic heterocycles. The van der Waals surface area contributed by atoms with Gasteiger partial charge in [0.15, 0.2) is 0 Å². The molecule has 0 saturated carbocycles. The Morgan fingerprint density at radius 3 is 2.09 bits per heavy atom. The zero-order chi connectivity index (χ0) is 24.3. The van der Waals surface area contributed by atoms with Crippen LogP contribution in [0.5, 0.6) is 0 Å². The lowest BCUT2D eigenvalue weighted by atomic mass is 9.79. The number of hydrogen-bond donors (Lipinski definition) is 2. The highest BCUT2D eigenvalue weighted by Gasteiger charge is 2.25. The predicted molar refractivity (Wildman–Crippen MR) is 135 cm³/mol. The van der Waals surface area contributed by atoms with Gasteiger partial charge in [0.05, 0.1) is 5.56 Å². The van der Waals surface area contributed by atoms with E-state index in [1.54, 1.807) is 12.1 Å². The lowest BCUT2D eigenvalue weighted by molar-refractivity contribution is 0.0697. The molecule has 0 heterocycles. The highest BCUT2D eigenvalue weighted by atomic mass is 16.4. The summed E-state index contributed by atoms with van der Waals surface area (Å²) in [7, 11) is 4.02. The van der Waals surface area contributed by atoms with Crippen molar-refractivity contribution in [1.82, 2.24) is 0 Å². The minimum Gasteiger partial charge on any atom is -0.478 e. The van der Waals surface area contributed by atoms with E-state index in [0.717, 1.165) is 22.4 Å². The van der Waals surface area contributed by atoms with Crippen molar-refractivity contribution in [2.75, 3.05) is 19.0 Å². The number of anilines is 1. The van der Waals surface area contributed by atoms with Gasteiger partial charge < -0.3 is 15.1 Å². The zero-order valence-electron chi connectivity index (χ0n) is 20.1. The molecule has 0 amide bonds. The molecule has 3 aromatic rings. The van der Waals surface area contributed by atoms with E-state index in [9.17, 15) is 9.90 Å². The van der Waals surface area contributed by atoms with Gasteiger partial charge in [-0.1, -0.05) is 62.4 Å². The lowest BCUT2D eigenvalue weighted by Gasteiger charge is -2.31. The number of aliphatic hydroxyl groups is 1. The summed E-state index contributed by atoms with van der Waals surface area (Å²) in [6, 6.07) is 18.8. The van der Waals surface area contributed by atoms with Gasteiger partial charge in [0.2, 0.25) is 0 Å². The van der Waals surface area contributed by atoms with Crippen LogP contribution in [0, 0.1) is 18.8 Å². The molecule has 3 aromatic carbocycles. The predicted octanol–water partition coefficient (Wildman–Crippen LogP) is 5.81. The quantitative estimate of drug-likeness (QED) is 0.502. The summed E-state index contributed by atoms with van der Waals surface area (Å²) in [5, 5.41) is 20.0. The molecular weight excluding hydrogens is 410 g/mol. The molecule has 0 aliphatic carbocycles. The Morgan fingerprint density at radius 1 is 0.970 bits per heavy atom. The van der Waals surface area contributed by atoms with E-state index >= 15 is 0 Å². The molecule has 170 valence electrons. The summed E-state index contributed by atoms with van der Waals surface area (Å²) < 4.78 is 0. The van der Waals surface area contributed by atoms with Gasteiger partial charge in [-0.3, -0.25) is 0 Å². The first-order chi connectivity index (χ1) is 15.5. The van der Waals surface area contributed by atoms with E-state index < -0.39 is 12.1 Å². The third-order valence-corrected chi connectivity index (χ3v) is 5.54. The Hall–Kier alpha value is -3.55. The number of hydrogen-bond acceptors (Lipinski definition) is 3. The monoisotopic (exact) mass is 441 g/mol. The number of carbonyl (C=O) groups is 1. The van der Waals surface area contributed by atoms with Crippen molar-refractivity contribution in [2.24, 2.45) is 0 Å². The second-order valence-corrected chi connectivity index (χ2v) is 9.53. The van der Waals surface area contributed by atoms with Crippen molar-refractivity contribution in [3.63, 3.8) is 0 Å². The minimum atomic E-state index is -0.985. The van der Waals surface area contributed by atoms with E-state index in [-0.39, 0.29) is 11.0 Å². The van der Waals surface area contributed by atoms with Crippen molar-refractivity contribution >= 4 is 11.7 Å². The number of aromatic carboxylic acids is 1. The summed E-state index contributed by atoms with van der Waals surface area (Å²) >= 11 is 0. The van der Waals surface area contributed by atoms with Gasteiger partial charge in [-0.25, -0.2) is 4.79 Å². The number of carboxylic acids is 1. The van der Waals surface area contributed by atoms with Crippen molar-refractivity contribution in [1.29, 1.82) is 0 Å². The highest BCUT2D eigenvalue weighted by molar-refractivity contribution is 5.87. The van der Waals surface area contributed by atoms with Crippen LogP contribution >= 0.6 is 0 Å². The molecule has 33 heavy (non-hydrogen) atoms. The SMILES string of the molecule is Cc1ccc(-c2cc(C(O)C#Cc3ccc(C(=O)O)cc3)cc(N(C)C)c2C(C)(C)C)cc1. The molecule has 1 atom stereocenters. The Morgan fingerprint density at radius 2 is 1.58 bits per heavy atom. The molecule has 0 aliphatic rings. The van der Waals surface area contributed by atoms with Gasteiger partial charge in [-0.05, 0) is 71.0 Å². The molecule has 2 N–H and O–H groups in total. The van der Waals surface area contributed by atoms with E-state index in [2.05, 4.69) is 68.7 Å². The number of carboxylic acid groups (broad SMARTS) is 1. The smallest absolute Gasteiger partial charge is 0.335 e. The van der Waals surface area contributed by atoms with Crippen LogP contribution in [-0.4, -0.2) is 30.3 Å². The summed E-state index contributed by atoms with van der Waals surface area (Å²) in [4.78, 5) is 13.1. The summed E-state index contributed by atoms with van der Waals surface area (Å²) in [6.07, 6.45) is -0.985. The number of aryl methyl sites for hydroxylation is 1. The summed E-state index contributed by atoms with van der Waals surface area (Å²) in [5.41, 5.74) is 7.09. The van der Waals surface area contributed by atoms with E-state index in [4.69, 9.17) is 5.11 Å². The first-order valence-electron chi connectivity index (χ1n) is 10.9. The average Bonchev–Trinajstić information content (AvgIpc) is 2.76. The minimum absolute atomic E-state index is 0.110. The molecule has 0 aliphatic heterocycles. The van der Waals surface area contributed by atoms with Crippen LogP contribution in [0.15, 0.2) is 60.7 Å². The van der Waals surface area contributed by atoms with Crippen molar-refractivity contribution in [3.05, 3.63) is 88.5 Å². The third kappa shape index (κ3) is 5.63. The first-order valence-corrected chi connectivity index (χ1v) is 10.9. The largest absolute Gasteiger partial charge is 0.478 e. The number of rotatable bonds is 4. The van der Waals surface area contributed by atoms with Crippen LogP contribution in [0.4, 0.5) is 5.69 Å². The number of aliphatic hydroxyl groups excluding tert-OH is 1. The second-order valence-electron chi connectivity index (χ2n) is 9.53. The molecule has 0 fully saturated rings. The maximum absolute atomic E-state index is 11.0. The van der Waals surface area contributed by atoms with Crippen molar-refractivity contribution in [2.45, 2.75) is 39.2 Å². The first kappa shape index (κ1) is 24.1. The highest BCUT2D eigenvalue weighted by Crippen LogP contribution is 2.41. The van der Waals surface area contributed by atoms with Gasteiger partial charge in [0, 0.05) is 25.3 Å². The molecule has 0 saturated heterocycles. The molecular formula is C29H31NO3. The summed E-state index contributed by atoms with van der Waals surface area (Å²) in [6.45, 7) is 8.66.